The number of hydrogen-bond donors (Lipinski definition) is 2. The molecule has 0 aromatic carbocycles. The molecule has 0 spiro atoms. The molecule has 2 rings (SSSR count). The van der Waals surface area contributed by atoms with Crippen LogP contribution in [0, 0.1) is 0 Å². The molecule has 1 aromatic heterocycles. The summed E-state index contributed by atoms with van der Waals surface area (Å²) < 4.78 is 34.6. The van der Waals surface area contributed by atoms with Gasteiger partial charge in [-0.15, -0.1) is 0 Å². The van der Waals surface area contributed by atoms with E-state index in [-0.39, 0.29) is 17.0 Å². The zero-order valence-electron chi connectivity index (χ0n) is 13.1. The molecule has 0 saturated carbocycles. The first kappa shape index (κ1) is 17.4. The molecule has 0 aliphatic carbocycles. The standard InChI is InChI=1S/C14H26N4O3S/c1-2-3-4-12(9-15)17-22(19,20)14-10-16-18(11-14)13-5-7-21-8-6-13/h10-13,17H,2-9,15H2,1H3. The quantitative estimate of drug-likeness (QED) is 0.741. The molecule has 0 amide bonds. The summed E-state index contributed by atoms with van der Waals surface area (Å²) in [5.41, 5.74) is 5.66. The first-order chi connectivity index (χ1) is 10.6. The third kappa shape index (κ3) is 4.52. The maximum atomic E-state index is 12.4. The molecule has 0 radical (unpaired) electrons. The molecular formula is C14H26N4O3S. The van der Waals surface area contributed by atoms with Gasteiger partial charge in [0.2, 0.25) is 10.0 Å². The highest BCUT2D eigenvalue weighted by Gasteiger charge is 2.23. The van der Waals surface area contributed by atoms with Crippen molar-refractivity contribution in [2.45, 2.75) is 56.0 Å². The number of unbranched alkanes of at least 4 members (excludes halogenated alkanes) is 1. The summed E-state index contributed by atoms with van der Waals surface area (Å²) in [4.78, 5) is 0.203. The summed E-state index contributed by atoms with van der Waals surface area (Å²) in [6.07, 6.45) is 7.44. The van der Waals surface area contributed by atoms with Crippen LogP contribution >= 0.6 is 0 Å². The summed E-state index contributed by atoms with van der Waals surface area (Å²) in [5.74, 6) is 0. The van der Waals surface area contributed by atoms with Crippen LogP contribution in [-0.2, 0) is 14.8 Å². The largest absolute Gasteiger partial charge is 0.381 e. The lowest BCUT2D eigenvalue weighted by Gasteiger charge is -2.22. The highest BCUT2D eigenvalue weighted by Crippen LogP contribution is 2.21. The molecule has 1 aliphatic rings. The topological polar surface area (TPSA) is 99.2 Å². The molecule has 8 heteroatoms. The van der Waals surface area contributed by atoms with E-state index in [2.05, 4.69) is 16.7 Å². The van der Waals surface area contributed by atoms with Crippen molar-refractivity contribution in [2.75, 3.05) is 19.8 Å². The molecule has 1 atom stereocenters. The molecule has 1 aliphatic heterocycles. The van der Waals surface area contributed by atoms with Crippen molar-refractivity contribution in [3.05, 3.63) is 12.4 Å². The molecular weight excluding hydrogens is 304 g/mol. The summed E-state index contributed by atoms with van der Waals surface area (Å²) >= 11 is 0. The van der Waals surface area contributed by atoms with Crippen LogP contribution in [0.4, 0.5) is 0 Å². The Bertz CT molecular complexity index is 552. The molecule has 126 valence electrons. The SMILES string of the molecule is CCCCC(CN)NS(=O)(=O)c1cnn(C2CCOCC2)c1. The number of nitrogens with zero attached hydrogens (tertiary/aromatic N) is 2. The number of nitrogens with two attached hydrogens (primary N) is 1. The summed E-state index contributed by atoms with van der Waals surface area (Å²) in [6.45, 7) is 3.75. The van der Waals surface area contributed by atoms with Crippen molar-refractivity contribution in [1.29, 1.82) is 0 Å². The van der Waals surface area contributed by atoms with Crippen LogP contribution in [0.15, 0.2) is 17.3 Å². The predicted octanol–water partition coefficient (Wildman–Crippen LogP) is 1.03. The molecule has 7 nitrogen and oxygen atoms in total. The van der Waals surface area contributed by atoms with E-state index in [9.17, 15) is 8.42 Å². The van der Waals surface area contributed by atoms with Gasteiger partial charge in [-0.1, -0.05) is 19.8 Å². The lowest BCUT2D eigenvalue weighted by atomic mass is 10.1. The minimum absolute atomic E-state index is 0.203. The van der Waals surface area contributed by atoms with E-state index < -0.39 is 10.0 Å². The Kier molecular flexibility index (Phi) is 6.37. The van der Waals surface area contributed by atoms with Crippen LogP contribution < -0.4 is 10.5 Å². The Labute approximate surface area is 132 Å². The zero-order chi connectivity index (χ0) is 16.0. The fraction of sp³-hybridized carbons (Fsp3) is 0.786. The molecule has 1 saturated heterocycles. The number of rotatable bonds is 8. The van der Waals surface area contributed by atoms with E-state index in [4.69, 9.17) is 10.5 Å². The van der Waals surface area contributed by atoms with Gasteiger partial charge >= 0.3 is 0 Å². The highest BCUT2D eigenvalue weighted by molar-refractivity contribution is 7.89. The fourth-order valence-corrected chi connectivity index (χ4v) is 3.79. The van der Waals surface area contributed by atoms with Gasteiger partial charge < -0.3 is 10.5 Å². The Morgan fingerprint density at radius 3 is 2.86 bits per heavy atom. The molecule has 3 N–H and O–H groups in total. The van der Waals surface area contributed by atoms with Gasteiger partial charge in [-0.25, -0.2) is 13.1 Å². The first-order valence-electron chi connectivity index (χ1n) is 7.91. The zero-order valence-corrected chi connectivity index (χ0v) is 13.9. The Balaban J connectivity index is 2.04. The van der Waals surface area contributed by atoms with Gasteiger partial charge in [0, 0.05) is 32.0 Å². The Morgan fingerprint density at radius 2 is 2.23 bits per heavy atom. The van der Waals surface area contributed by atoms with Gasteiger partial charge in [-0.2, -0.15) is 5.10 Å². The summed E-state index contributed by atoms with van der Waals surface area (Å²) in [5, 5.41) is 4.21. The molecule has 1 aromatic rings. The van der Waals surface area contributed by atoms with E-state index in [1.165, 1.54) is 6.20 Å². The molecule has 1 fully saturated rings. The van der Waals surface area contributed by atoms with Crippen LogP contribution in [0.5, 0.6) is 0 Å². The van der Waals surface area contributed by atoms with Crippen LogP contribution in [0.1, 0.15) is 45.1 Å². The molecule has 2 heterocycles. The Hall–Kier alpha value is -0.960. The fourth-order valence-electron chi connectivity index (χ4n) is 2.57. The second-order valence-corrected chi connectivity index (χ2v) is 7.41. The van der Waals surface area contributed by atoms with E-state index >= 15 is 0 Å². The monoisotopic (exact) mass is 330 g/mol. The van der Waals surface area contributed by atoms with E-state index in [0.29, 0.717) is 19.8 Å². The molecule has 1 unspecified atom stereocenters. The minimum Gasteiger partial charge on any atom is -0.381 e. The Morgan fingerprint density at radius 1 is 1.50 bits per heavy atom. The van der Waals surface area contributed by atoms with Crippen molar-refractivity contribution in [1.82, 2.24) is 14.5 Å². The normalized spacial score (nSPS) is 18.5. The van der Waals surface area contributed by atoms with Crippen LogP contribution in [0.2, 0.25) is 0 Å². The van der Waals surface area contributed by atoms with Crippen molar-refractivity contribution in [3.63, 3.8) is 0 Å². The van der Waals surface area contributed by atoms with Crippen molar-refractivity contribution in [3.8, 4) is 0 Å². The average molecular weight is 330 g/mol. The van der Waals surface area contributed by atoms with Crippen molar-refractivity contribution in [2.24, 2.45) is 5.73 Å². The van der Waals surface area contributed by atoms with Gasteiger partial charge in [-0.3, -0.25) is 4.68 Å². The van der Waals surface area contributed by atoms with Crippen molar-refractivity contribution < 1.29 is 13.2 Å². The second kappa shape index (κ2) is 8.05. The smallest absolute Gasteiger partial charge is 0.243 e. The summed E-state index contributed by atoms with van der Waals surface area (Å²) in [6, 6.07) is -0.0144. The van der Waals surface area contributed by atoms with E-state index in [1.807, 2.05) is 0 Å². The maximum absolute atomic E-state index is 12.4. The predicted molar refractivity (Wildman–Crippen MR) is 84.0 cm³/mol. The van der Waals surface area contributed by atoms with Gasteiger partial charge in [0.1, 0.15) is 4.90 Å². The minimum atomic E-state index is -3.56. The first-order valence-corrected chi connectivity index (χ1v) is 9.39. The maximum Gasteiger partial charge on any atom is 0.243 e. The molecule has 0 bridgehead atoms. The van der Waals surface area contributed by atoms with Crippen molar-refractivity contribution >= 4 is 10.0 Å². The van der Waals surface area contributed by atoms with Crippen LogP contribution in [0.3, 0.4) is 0 Å². The van der Waals surface area contributed by atoms with Crippen LogP contribution in [0.25, 0.3) is 0 Å². The number of hydrogen-bond acceptors (Lipinski definition) is 5. The third-order valence-electron chi connectivity index (χ3n) is 3.97. The van der Waals surface area contributed by atoms with E-state index in [0.717, 1.165) is 32.1 Å². The van der Waals surface area contributed by atoms with Crippen LogP contribution in [-0.4, -0.2) is 44.0 Å². The number of aromatic nitrogens is 2. The third-order valence-corrected chi connectivity index (χ3v) is 5.44. The van der Waals surface area contributed by atoms with Gasteiger partial charge in [0.25, 0.3) is 0 Å². The highest BCUT2D eigenvalue weighted by atomic mass is 32.2. The second-order valence-electron chi connectivity index (χ2n) is 5.70. The van der Waals surface area contributed by atoms with Gasteiger partial charge in [-0.05, 0) is 19.3 Å². The number of nitrogens with one attached hydrogen (secondary N) is 1. The summed E-state index contributed by atoms with van der Waals surface area (Å²) in [7, 11) is -3.56. The number of ether oxygens (including phenoxy) is 1. The average Bonchev–Trinajstić information content (AvgIpc) is 3.03. The lowest BCUT2D eigenvalue weighted by molar-refractivity contribution is 0.0662. The lowest BCUT2D eigenvalue weighted by Crippen LogP contribution is -2.40. The van der Waals surface area contributed by atoms with E-state index in [1.54, 1.807) is 10.9 Å². The van der Waals surface area contributed by atoms with Gasteiger partial charge in [0.05, 0.1) is 12.2 Å². The number of sulfonamides is 1. The van der Waals surface area contributed by atoms with Gasteiger partial charge in [0.15, 0.2) is 0 Å². The molecule has 22 heavy (non-hydrogen) atoms.